The third kappa shape index (κ3) is 6.34. The second-order valence-electron chi connectivity index (χ2n) is 6.89. The van der Waals surface area contributed by atoms with Gasteiger partial charge in [0.25, 0.3) is 5.69 Å². The molecule has 1 aliphatic heterocycles. The second kappa shape index (κ2) is 9.36. The Balaban J connectivity index is 1.64. The van der Waals surface area contributed by atoms with Gasteiger partial charge >= 0.3 is 6.03 Å². The van der Waals surface area contributed by atoms with E-state index in [0.29, 0.717) is 17.8 Å². The van der Waals surface area contributed by atoms with Gasteiger partial charge in [-0.25, -0.2) is 4.79 Å². The molecule has 1 aliphatic rings. The zero-order valence-corrected chi connectivity index (χ0v) is 15.1. The number of likely N-dealkylation sites (tertiary alicyclic amines) is 1. The van der Waals surface area contributed by atoms with Gasteiger partial charge < -0.3 is 15.5 Å². The third-order valence-corrected chi connectivity index (χ3v) is 4.58. The molecular formula is C18H28N4O3. The second-order valence-corrected chi connectivity index (χ2v) is 6.89. The monoisotopic (exact) mass is 348 g/mol. The summed E-state index contributed by atoms with van der Waals surface area (Å²) in [5.74, 6) is 0.794. The average Bonchev–Trinajstić information content (AvgIpc) is 2.54. The van der Waals surface area contributed by atoms with Crippen LogP contribution in [0.2, 0.25) is 0 Å². The Morgan fingerprint density at radius 2 is 2.20 bits per heavy atom. The molecule has 138 valence electrons. The molecule has 1 fully saturated rings. The number of amides is 2. The first kappa shape index (κ1) is 19.2. The van der Waals surface area contributed by atoms with Crippen LogP contribution in [0.3, 0.4) is 0 Å². The lowest BCUT2D eigenvalue weighted by Gasteiger charge is -2.30. The van der Waals surface area contributed by atoms with Gasteiger partial charge in [-0.2, -0.15) is 0 Å². The molecule has 2 N–H and O–H groups in total. The Bertz CT molecular complexity index is 606. The topological polar surface area (TPSA) is 87.5 Å². The molecule has 1 unspecified atom stereocenters. The Morgan fingerprint density at radius 3 is 2.88 bits per heavy atom. The number of nitro groups is 1. The van der Waals surface area contributed by atoms with Gasteiger partial charge in [0.2, 0.25) is 0 Å². The van der Waals surface area contributed by atoms with Crippen molar-refractivity contribution >= 4 is 17.4 Å². The summed E-state index contributed by atoms with van der Waals surface area (Å²) in [6.45, 7) is 8.06. The predicted molar refractivity (Wildman–Crippen MR) is 98.9 cm³/mol. The van der Waals surface area contributed by atoms with Crippen LogP contribution in [0.1, 0.15) is 38.2 Å². The van der Waals surface area contributed by atoms with Gasteiger partial charge in [0.15, 0.2) is 0 Å². The van der Waals surface area contributed by atoms with Crippen LogP contribution in [0.5, 0.6) is 0 Å². The minimum absolute atomic E-state index is 0.0537. The highest BCUT2D eigenvalue weighted by molar-refractivity contribution is 5.89. The zero-order chi connectivity index (χ0) is 18.2. The number of carbonyl (C=O) groups excluding carboxylic acids is 1. The smallest absolute Gasteiger partial charge is 0.319 e. The molecule has 0 spiro atoms. The van der Waals surface area contributed by atoms with Crippen molar-refractivity contribution in [3.8, 4) is 0 Å². The van der Waals surface area contributed by atoms with Crippen LogP contribution in [0.4, 0.5) is 16.2 Å². The van der Waals surface area contributed by atoms with Crippen LogP contribution in [0, 0.1) is 23.0 Å². The number of benzene rings is 1. The normalized spacial score (nSPS) is 17.9. The molecule has 0 saturated carbocycles. The standard InChI is InChI=1S/C18H28N4O3/c1-14-6-5-11-21(13-14)10-4-3-9-19-18(23)20-16-7-8-17(22(24)25)15(2)12-16/h7-8,12,14H,3-6,9-11,13H2,1-2H3,(H2,19,20,23). The molecule has 1 atom stereocenters. The zero-order valence-electron chi connectivity index (χ0n) is 15.1. The van der Waals surface area contributed by atoms with Gasteiger partial charge in [0.1, 0.15) is 0 Å². The maximum absolute atomic E-state index is 11.9. The molecule has 7 heteroatoms. The number of anilines is 1. The van der Waals surface area contributed by atoms with Crippen molar-refractivity contribution in [1.29, 1.82) is 0 Å². The van der Waals surface area contributed by atoms with Crippen LogP contribution in [-0.2, 0) is 0 Å². The SMILES string of the molecule is Cc1cc(NC(=O)NCCCCN2CCCC(C)C2)ccc1[N+](=O)[O-]. The molecule has 1 saturated heterocycles. The van der Waals surface area contributed by atoms with Crippen LogP contribution in [0.15, 0.2) is 18.2 Å². The van der Waals surface area contributed by atoms with Crippen molar-refractivity contribution in [3.05, 3.63) is 33.9 Å². The Hall–Kier alpha value is -2.15. The largest absolute Gasteiger partial charge is 0.338 e. The fourth-order valence-electron chi connectivity index (χ4n) is 3.27. The molecule has 7 nitrogen and oxygen atoms in total. The van der Waals surface area contributed by atoms with E-state index in [9.17, 15) is 14.9 Å². The van der Waals surface area contributed by atoms with Crippen LogP contribution < -0.4 is 10.6 Å². The quantitative estimate of drug-likeness (QED) is 0.448. The predicted octanol–water partition coefficient (Wildman–Crippen LogP) is 3.54. The van der Waals surface area contributed by atoms with Gasteiger partial charge in [-0.15, -0.1) is 0 Å². The van der Waals surface area contributed by atoms with Gasteiger partial charge in [0.05, 0.1) is 4.92 Å². The molecule has 1 aromatic carbocycles. The lowest BCUT2D eigenvalue weighted by molar-refractivity contribution is -0.385. The van der Waals surface area contributed by atoms with Crippen LogP contribution in [0.25, 0.3) is 0 Å². The maximum atomic E-state index is 11.9. The fraction of sp³-hybridized carbons (Fsp3) is 0.611. The lowest BCUT2D eigenvalue weighted by Crippen LogP contribution is -2.35. The van der Waals surface area contributed by atoms with Crippen LogP contribution >= 0.6 is 0 Å². The maximum Gasteiger partial charge on any atom is 0.319 e. The van der Waals surface area contributed by atoms with E-state index in [1.807, 2.05) is 0 Å². The molecule has 25 heavy (non-hydrogen) atoms. The van der Waals surface area contributed by atoms with E-state index < -0.39 is 4.92 Å². The highest BCUT2D eigenvalue weighted by Crippen LogP contribution is 2.21. The summed E-state index contributed by atoms with van der Waals surface area (Å²) < 4.78 is 0. The summed E-state index contributed by atoms with van der Waals surface area (Å²) in [4.78, 5) is 24.8. The summed E-state index contributed by atoms with van der Waals surface area (Å²) in [5.41, 5.74) is 1.14. The number of nitro benzene ring substituents is 1. The number of aryl methyl sites for hydroxylation is 1. The third-order valence-electron chi connectivity index (χ3n) is 4.58. The van der Waals surface area contributed by atoms with Crippen LogP contribution in [-0.4, -0.2) is 42.0 Å². The van der Waals surface area contributed by atoms with Gasteiger partial charge in [-0.05, 0) is 63.7 Å². The summed E-state index contributed by atoms with van der Waals surface area (Å²) in [7, 11) is 0. The number of nitrogens with one attached hydrogen (secondary N) is 2. The number of unbranched alkanes of at least 4 members (excludes halogenated alkanes) is 1. The molecular weight excluding hydrogens is 320 g/mol. The Labute approximate surface area is 148 Å². The highest BCUT2D eigenvalue weighted by atomic mass is 16.6. The number of piperidine rings is 1. The van der Waals surface area contributed by atoms with E-state index in [0.717, 1.165) is 25.3 Å². The highest BCUT2D eigenvalue weighted by Gasteiger charge is 2.15. The number of urea groups is 1. The van der Waals surface area contributed by atoms with E-state index in [1.54, 1.807) is 19.1 Å². The van der Waals surface area contributed by atoms with E-state index in [4.69, 9.17) is 0 Å². The molecule has 0 radical (unpaired) electrons. The van der Waals surface area contributed by atoms with Crippen molar-refractivity contribution in [3.63, 3.8) is 0 Å². The summed E-state index contributed by atoms with van der Waals surface area (Å²) >= 11 is 0. The first-order chi connectivity index (χ1) is 12.0. The molecule has 0 aliphatic carbocycles. The first-order valence-corrected chi connectivity index (χ1v) is 8.98. The molecule has 1 heterocycles. The minimum atomic E-state index is -0.428. The van der Waals surface area contributed by atoms with E-state index in [2.05, 4.69) is 22.5 Å². The molecule has 0 bridgehead atoms. The number of hydrogen-bond donors (Lipinski definition) is 2. The number of rotatable bonds is 7. The van der Waals surface area contributed by atoms with Crippen molar-refractivity contribution in [2.75, 3.05) is 31.5 Å². The Morgan fingerprint density at radius 1 is 1.40 bits per heavy atom. The average molecular weight is 348 g/mol. The summed E-state index contributed by atoms with van der Waals surface area (Å²) in [5, 5.41) is 16.3. The molecule has 2 rings (SSSR count). The summed E-state index contributed by atoms with van der Waals surface area (Å²) in [6.07, 6.45) is 4.64. The Kier molecular flexibility index (Phi) is 7.18. The van der Waals surface area contributed by atoms with E-state index in [1.165, 1.54) is 32.0 Å². The van der Waals surface area contributed by atoms with Gasteiger partial charge in [0, 0.05) is 30.4 Å². The lowest BCUT2D eigenvalue weighted by atomic mass is 10.0. The van der Waals surface area contributed by atoms with Crippen molar-refractivity contribution < 1.29 is 9.72 Å². The minimum Gasteiger partial charge on any atom is -0.338 e. The first-order valence-electron chi connectivity index (χ1n) is 8.98. The van der Waals surface area contributed by atoms with E-state index >= 15 is 0 Å². The molecule has 2 amide bonds. The number of carbonyl (C=O) groups is 1. The van der Waals surface area contributed by atoms with Crippen molar-refractivity contribution in [2.45, 2.75) is 39.5 Å². The van der Waals surface area contributed by atoms with Crippen molar-refractivity contribution in [1.82, 2.24) is 10.2 Å². The molecule has 0 aromatic heterocycles. The van der Waals surface area contributed by atoms with Gasteiger partial charge in [-0.1, -0.05) is 6.92 Å². The summed E-state index contributed by atoms with van der Waals surface area (Å²) in [6, 6.07) is 4.28. The number of hydrogen-bond acceptors (Lipinski definition) is 4. The van der Waals surface area contributed by atoms with Gasteiger partial charge in [-0.3, -0.25) is 10.1 Å². The van der Waals surface area contributed by atoms with E-state index in [-0.39, 0.29) is 11.7 Å². The fourth-order valence-corrected chi connectivity index (χ4v) is 3.27. The molecule has 1 aromatic rings. The number of nitrogens with zero attached hydrogens (tertiary/aromatic N) is 2. The van der Waals surface area contributed by atoms with Crippen molar-refractivity contribution in [2.24, 2.45) is 5.92 Å².